The summed E-state index contributed by atoms with van der Waals surface area (Å²) in [4.78, 5) is 14.0. The first-order valence-electron chi connectivity index (χ1n) is 16.5. The molecule has 4 aromatic rings. The molecule has 0 aliphatic rings. The van der Waals surface area contributed by atoms with E-state index in [1.54, 1.807) is 62.8 Å². The van der Waals surface area contributed by atoms with Gasteiger partial charge in [0.1, 0.15) is 18.1 Å². The van der Waals surface area contributed by atoms with Gasteiger partial charge in [-0.1, -0.05) is 53.7 Å². The summed E-state index contributed by atoms with van der Waals surface area (Å²) in [6, 6.07) is 22.2. The lowest BCUT2D eigenvalue weighted by Gasteiger charge is -2.17. The second-order valence-electron chi connectivity index (χ2n) is 9.89. The highest BCUT2D eigenvalue weighted by Gasteiger charge is 2.18. The predicted molar refractivity (Wildman–Crippen MR) is 201 cm³/mol. The van der Waals surface area contributed by atoms with Crippen LogP contribution in [0.2, 0.25) is 0 Å². The van der Waals surface area contributed by atoms with Gasteiger partial charge in [-0.05, 0) is 122 Å². The molecule has 0 aliphatic heterocycles. The van der Waals surface area contributed by atoms with Gasteiger partial charge >= 0.3 is 5.97 Å². The zero-order valence-corrected chi connectivity index (χ0v) is 32.1. The lowest BCUT2D eigenvalue weighted by atomic mass is 9.95. The summed E-state index contributed by atoms with van der Waals surface area (Å²) in [5.41, 5.74) is 6.31. The molecule has 0 spiro atoms. The van der Waals surface area contributed by atoms with Gasteiger partial charge in [0.25, 0.3) is 0 Å². The molecule has 0 saturated heterocycles. The Bertz CT molecular complexity index is 1540. The number of ether oxygens (including phenoxy) is 5. The van der Waals surface area contributed by atoms with E-state index in [2.05, 4.69) is 32.9 Å². The largest absolute Gasteiger partial charge is 0.497 e. The van der Waals surface area contributed by atoms with Crippen molar-refractivity contribution in [3.05, 3.63) is 95.1 Å². The van der Waals surface area contributed by atoms with Crippen molar-refractivity contribution in [2.45, 2.75) is 79.0 Å². The van der Waals surface area contributed by atoms with Crippen molar-refractivity contribution in [1.29, 1.82) is 0 Å². The third-order valence-electron chi connectivity index (χ3n) is 6.91. The molecular formula is C40H56O8S. The Morgan fingerprint density at radius 1 is 0.653 bits per heavy atom. The van der Waals surface area contributed by atoms with E-state index in [-0.39, 0.29) is 24.4 Å². The SMILES string of the molecule is CC.CC.CC.COCCOCC(=O)Oc1cc(-c2cc(C)c(C)c(C)c2)cc(C)c1Oc1ccc(S(=O)c2ccc(OC)cc2)cc1.O. The van der Waals surface area contributed by atoms with E-state index in [4.69, 9.17) is 23.7 Å². The topological polar surface area (TPSA) is 112 Å². The molecule has 9 heteroatoms. The molecule has 0 heterocycles. The number of rotatable bonds is 12. The minimum Gasteiger partial charge on any atom is -0.497 e. The lowest BCUT2D eigenvalue weighted by Crippen LogP contribution is -2.17. The molecule has 8 nitrogen and oxygen atoms in total. The summed E-state index contributed by atoms with van der Waals surface area (Å²) < 4.78 is 40.6. The van der Waals surface area contributed by atoms with E-state index < -0.39 is 16.8 Å². The van der Waals surface area contributed by atoms with Crippen LogP contribution in [0.3, 0.4) is 0 Å². The van der Waals surface area contributed by atoms with Crippen LogP contribution < -0.4 is 14.2 Å². The number of aryl methyl sites for hydroxylation is 3. The maximum Gasteiger partial charge on any atom is 0.337 e. The first-order valence-corrected chi connectivity index (χ1v) is 17.7. The Balaban J connectivity index is 0.00000312. The van der Waals surface area contributed by atoms with Crippen LogP contribution in [0.5, 0.6) is 23.0 Å². The fourth-order valence-electron chi connectivity index (χ4n) is 4.35. The van der Waals surface area contributed by atoms with Crippen molar-refractivity contribution in [3.63, 3.8) is 0 Å². The van der Waals surface area contributed by atoms with Gasteiger partial charge in [-0.15, -0.1) is 0 Å². The number of hydrogen-bond donors (Lipinski definition) is 0. The molecule has 0 amide bonds. The van der Waals surface area contributed by atoms with Crippen molar-refractivity contribution in [2.24, 2.45) is 0 Å². The van der Waals surface area contributed by atoms with E-state index in [1.807, 2.05) is 60.6 Å². The minimum atomic E-state index is -1.37. The number of esters is 1. The molecule has 1 unspecified atom stereocenters. The first-order chi connectivity index (χ1) is 23.2. The summed E-state index contributed by atoms with van der Waals surface area (Å²) in [7, 11) is 1.79. The Morgan fingerprint density at radius 2 is 1.12 bits per heavy atom. The fraction of sp³-hybridized carbons (Fsp3) is 0.375. The normalized spacial score (nSPS) is 10.4. The van der Waals surface area contributed by atoms with Crippen molar-refractivity contribution >= 4 is 16.8 Å². The molecular weight excluding hydrogens is 640 g/mol. The fourth-order valence-corrected chi connectivity index (χ4v) is 5.39. The quantitative estimate of drug-likeness (QED) is 0.0824. The van der Waals surface area contributed by atoms with Gasteiger partial charge < -0.3 is 29.2 Å². The monoisotopic (exact) mass is 696 g/mol. The van der Waals surface area contributed by atoms with Crippen LogP contribution in [0, 0.1) is 27.7 Å². The van der Waals surface area contributed by atoms with Gasteiger partial charge in [-0.3, -0.25) is 0 Å². The van der Waals surface area contributed by atoms with Crippen LogP contribution in [0.4, 0.5) is 0 Å². The molecule has 0 aromatic heterocycles. The van der Waals surface area contributed by atoms with E-state index >= 15 is 0 Å². The molecule has 270 valence electrons. The van der Waals surface area contributed by atoms with Gasteiger partial charge in [0, 0.05) is 16.9 Å². The summed E-state index contributed by atoms with van der Waals surface area (Å²) in [5.74, 6) is 1.36. The first kappa shape index (κ1) is 45.0. The van der Waals surface area contributed by atoms with Crippen LogP contribution in [0.25, 0.3) is 11.1 Å². The second-order valence-corrected chi connectivity index (χ2v) is 11.4. The maximum absolute atomic E-state index is 13.1. The lowest BCUT2D eigenvalue weighted by molar-refractivity contribution is -0.140. The summed E-state index contributed by atoms with van der Waals surface area (Å²) in [6.07, 6.45) is 0. The standard InChI is InChI=1S/C34H36O7S.3C2H6.H2O/c1-22-17-26(18-23(2)25(22)4)27-19-24(3)34(32(20-27)41-33(35)21-39-16-15-37-5)40-29-9-13-31(14-10-29)42(36)30-11-7-28(38-6)8-12-30;3*1-2;/h7-14,17-20H,15-16,21H2,1-6H3;3*1-2H3;1H2. The van der Waals surface area contributed by atoms with E-state index in [0.717, 1.165) is 16.7 Å². The van der Waals surface area contributed by atoms with E-state index in [0.29, 0.717) is 33.6 Å². The number of carbonyl (C=O) groups excluding carboxylic acids is 1. The van der Waals surface area contributed by atoms with Gasteiger partial charge in [0.15, 0.2) is 11.5 Å². The number of hydrogen-bond acceptors (Lipinski definition) is 7. The average molecular weight is 697 g/mol. The predicted octanol–water partition coefficient (Wildman–Crippen LogP) is 9.38. The second kappa shape index (κ2) is 24.2. The smallest absolute Gasteiger partial charge is 0.337 e. The van der Waals surface area contributed by atoms with Crippen molar-refractivity contribution in [3.8, 4) is 34.1 Å². The third-order valence-corrected chi connectivity index (χ3v) is 8.31. The zero-order valence-electron chi connectivity index (χ0n) is 31.3. The summed E-state index contributed by atoms with van der Waals surface area (Å²) in [6.45, 7) is 20.6. The van der Waals surface area contributed by atoms with E-state index in [1.165, 1.54) is 16.7 Å². The minimum absolute atomic E-state index is 0. The Hall–Kier alpha value is -4.02. The molecule has 0 radical (unpaired) electrons. The van der Waals surface area contributed by atoms with Crippen LogP contribution in [0.1, 0.15) is 63.8 Å². The number of benzene rings is 4. The van der Waals surface area contributed by atoms with Gasteiger partial charge in [0.05, 0.1) is 31.1 Å². The highest BCUT2D eigenvalue weighted by molar-refractivity contribution is 7.85. The van der Waals surface area contributed by atoms with Crippen LogP contribution in [0.15, 0.2) is 82.6 Å². The van der Waals surface area contributed by atoms with Gasteiger partial charge in [-0.25, -0.2) is 9.00 Å². The zero-order chi connectivity index (χ0) is 36.2. The van der Waals surface area contributed by atoms with Gasteiger partial charge in [0.2, 0.25) is 0 Å². The molecule has 0 fully saturated rings. The molecule has 0 saturated carbocycles. The maximum atomic E-state index is 13.1. The van der Waals surface area contributed by atoms with Crippen molar-refractivity contribution < 1.29 is 38.2 Å². The van der Waals surface area contributed by atoms with Crippen LogP contribution >= 0.6 is 0 Å². The Labute approximate surface area is 296 Å². The van der Waals surface area contributed by atoms with Crippen molar-refractivity contribution in [2.75, 3.05) is 34.0 Å². The summed E-state index contributed by atoms with van der Waals surface area (Å²) >= 11 is 0. The van der Waals surface area contributed by atoms with Crippen LogP contribution in [-0.4, -0.2) is 49.7 Å². The highest BCUT2D eigenvalue weighted by atomic mass is 32.2. The Morgan fingerprint density at radius 3 is 1.61 bits per heavy atom. The molecule has 49 heavy (non-hydrogen) atoms. The molecule has 0 bridgehead atoms. The van der Waals surface area contributed by atoms with Crippen molar-refractivity contribution in [1.82, 2.24) is 0 Å². The molecule has 1 atom stereocenters. The average Bonchev–Trinajstić information content (AvgIpc) is 3.12. The van der Waals surface area contributed by atoms with E-state index in [9.17, 15) is 9.00 Å². The van der Waals surface area contributed by atoms with Gasteiger partial charge in [-0.2, -0.15) is 0 Å². The Kier molecular flexibility index (Phi) is 22.2. The molecule has 2 N–H and O–H groups in total. The molecule has 4 aromatic carbocycles. The number of carbonyl (C=O) groups is 1. The third kappa shape index (κ3) is 13.4. The molecule has 0 aliphatic carbocycles. The highest BCUT2D eigenvalue weighted by Crippen LogP contribution is 2.40. The number of methoxy groups -OCH3 is 2. The molecule has 4 rings (SSSR count). The van der Waals surface area contributed by atoms with Crippen LogP contribution in [-0.2, 0) is 25.1 Å². The summed E-state index contributed by atoms with van der Waals surface area (Å²) in [5, 5.41) is 0.